The van der Waals surface area contributed by atoms with Gasteiger partial charge in [0.05, 0.1) is 4.90 Å². The largest absolute Gasteiger partial charge is 0.454 e. The Bertz CT molecular complexity index is 776. The molecule has 0 radical (unpaired) electrons. The molecule has 0 aromatic heterocycles. The molecule has 0 bridgehead atoms. The summed E-state index contributed by atoms with van der Waals surface area (Å²) in [7, 11) is -3.91. The lowest BCUT2D eigenvalue weighted by molar-refractivity contribution is -0.149. The van der Waals surface area contributed by atoms with Crippen molar-refractivity contribution in [2.45, 2.75) is 51.1 Å². The number of benzene rings is 1. The average molecular weight is 399 g/mol. The molecule has 0 saturated carbocycles. The van der Waals surface area contributed by atoms with Crippen molar-refractivity contribution in [2.24, 2.45) is 0 Å². The summed E-state index contributed by atoms with van der Waals surface area (Å²) in [6.07, 6.45) is 0.690. The lowest BCUT2D eigenvalue weighted by atomic mass is 10.2. The van der Waals surface area contributed by atoms with Gasteiger partial charge in [0.15, 0.2) is 6.61 Å². The Balaban J connectivity index is 2.51. The van der Waals surface area contributed by atoms with E-state index in [1.54, 1.807) is 19.1 Å². The van der Waals surface area contributed by atoms with Gasteiger partial charge in [0.25, 0.3) is 5.91 Å². The van der Waals surface area contributed by atoms with Gasteiger partial charge in [-0.25, -0.2) is 13.2 Å². The highest BCUT2D eigenvalue weighted by atomic mass is 32.2. The van der Waals surface area contributed by atoms with Gasteiger partial charge in [-0.15, -0.1) is 0 Å². The summed E-state index contributed by atoms with van der Waals surface area (Å²) >= 11 is 0. The number of amides is 3. The number of hydrogen-bond donors (Lipinski definition) is 3. The fraction of sp³-hybridized carbons (Fsp3) is 0.471. The summed E-state index contributed by atoms with van der Waals surface area (Å²) in [5, 5.41) is 4.53. The summed E-state index contributed by atoms with van der Waals surface area (Å²) in [6, 6.07) is 4.07. The Morgan fingerprint density at radius 1 is 1.11 bits per heavy atom. The van der Waals surface area contributed by atoms with Crippen molar-refractivity contribution < 1.29 is 27.5 Å². The van der Waals surface area contributed by atoms with Crippen molar-refractivity contribution in [1.82, 2.24) is 15.4 Å². The van der Waals surface area contributed by atoms with Gasteiger partial charge >= 0.3 is 12.0 Å². The van der Waals surface area contributed by atoms with Gasteiger partial charge < -0.3 is 10.1 Å². The van der Waals surface area contributed by atoms with Crippen molar-refractivity contribution >= 4 is 27.9 Å². The highest BCUT2D eigenvalue weighted by Gasteiger charge is 2.24. The molecule has 10 heteroatoms. The van der Waals surface area contributed by atoms with Gasteiger partial charge in [0.1, 0.15) is 6.04 Å². The standard InChI is InChI=1S/C17H25N3O6S/c1-5-12(3)18-17(23)19-15(21)10-26-16(22)13(4)20-27(24,25)14-8-6-11(2)7-9-14/h6-9,12-13,20H,5,10H2,1-4H3,(H2,18,19,21,23)/t12-,13-/m0/s1. The Kier molecular flexibility index (Phi) is 8.38. The number of sulfonamides is 1. The summed E-state index contributed by atoms with van der Waals surface area (Å²) in [4.78, 5) is 35.0. The number of urea groups is 1. The molecular weight excluding hydrogens is 374 g/mol. The second-order valence-corrected chi connectivity index (χ2v) is 7.81. The molecule has 0 spiro atoms. The van der Waals surface area contributed by atoms with E-state index in [4.69, 9.17) is 4.74 Å². The van der Waals surface area contributed by atoms with Gasteiger partial charge in [0.2, 0.25) is 10.0 Å². The van der Waals surface area contributed by atoms with Crippen LogP contribution in [0.1, 0.15) is 32.8 Å². The predicted octanol–water partition coefficient (Wildman–Crippen LogP) is 0.829. The lowest BCUT2D eigenvalue weighted by Gasteiger charge is -2.14. The molecule has 9 nitrogen and oxygen atoms in total. The molecule has 3 N–H and O–H groups in total. The second-order valence-electron chi connectivity index (χ2n) is 6.09. The van der Waals surface area contributed by atoms with E-state index in [9.17, 15) is 22.8 Å². The van der Waals surface area contributed by atoms with Crippen molar-refractivity contribution in [3.63, 3.8) is 0 Å². The molecule has 2 atom stereocenters. The maximum atomic E-state index is 12.2. The predicted molar refractivity (Wildman–Crippen MR) is 98.3 cm³/mol. The molecule has 0 aliphatic heterocycles. The van der Waals surface area contributed by atoms with Crippen LogP contribution in [0.2, 0.25) is 0 Å². The molecule has 0 fully saturated rings. The molecular formula is C17H25N3O6S. The van der Waals surface area contributed by atoms with Gasteiger partial charge in [-0.3, -0.25) is 14.9 Å². The molecule has 0 aliphatic carbocycles. The van der Waals surface area contributed by atoms with E-state index < -0.39 is 40.6 Å². The zero-order valence-electron chi connectivity index (χ0n) is 15.7. The first-order valence-corrected chi connectivity index (χ1v) is 9.89. The maximum Gasteiger partial charge on any atom is 0.324 e. The molecule has 0 saturated heterocycles. The van der Waals surface area contributed by atoms with Crippen LogP contribution in [0.3, 0.4) is 0 Å². The second kappa shape index (κ2) is 10.0. The number of esters is 1. The molecule has 0 heterocycles. The monoisotopic (exact) mass is 399 g/mol. The smallest absolute Gasteiger partial charge is 0.324 e. The number of hydrogen-bond acceptors (Lipinski definition) is 6. The van der Waals surface area contributed by atoms with Gasteiger partial charge in [-0.1, -0.05) is 24.6 Å². The van der Waals surface area contributed by atoms with Gasteiger partial charge in [-0.05, 0) is 39.3 Å². The summed E-state index contributed by atoms with van der Waals surface area (Å²) < 4.78 is 31.4. The molecule has 1 rings (SSSR count). The van der Waals surface area contributed by atoms with Crippen LogP contribution in [0.4, 0.5) is 4.79 Å². The maximum absolute atomic E-state index is 12.2. The topological polar surface area (TPSA) is 131 Å². The summed E-state index contributed by atoms with van der Waals surface area (Å²) in [6.45, 7) is 6.04. The molecule has 1 aromatic rings. The number of carbonyl (C=O) groups excluding carboxylic acids is 3. The zero-order chi connectivity index (χ0) is 20.6. The quantitative estimate of drug-likeness (QED) is 0.555. The van der Waals surface area contributed by atoms with E-state index in [0.29, 0.717) is 6.42 Å². The van der Waals surface area contributed by atoms with Crippen molar-refractivity contribution in [2.75, 3.05) is 6.61 Å². The first-order chi connectivity index (χ1) is 12.5. The van der Waals surface area contributed by atoms with E-state index >= 15 is 0 Å². The lowest BCUT2D eigenvalue weighted by Crippen LogP contribution is -2.45. The van der Waals surface area contributed by atoms with E-state index in [0.717, 1.165) is 5.56 Å². The SMILES string of the molecule is CC[C@H](C)NC(=O)NC(=O)COC(=O)[C@H](C)NS(=O)(=O)c1ccc(C)cc1. The van der Waals surface area contributed by atoms with E-state index in [-0.39, 0.29) is 10.9 Å². The highest BCUT2D eigenvalue weighted by molar-refractivity contribution is 7.89. The number of rotatable bonds is 8. The van der Waals surface area contributed by atoms with Gasteiger partial charge in [-0.2, -0.15) is 4.72 Å². The number of carbonyl (C=O) groups is 3. The molecule has 0 unspecified atom stereocenters. The minimum atomic E-state index is -3.91. The molecule has 3 amide bonds. The molecule has 1 aromatic carbocycles. The van der Waals surface area contributed by atoms with Gasteiger partial charge in [0, 0.05) is 6.04 Å². The first kappa shape index (κ1) is 22.6. The number of imide groups is 1. The Morgan fingerprint density at radius 3 is 2.26 bits per heavy atom. The molecule has 150 valence electrons. The Labute approximate surface area is 158 Å². The summed E-state index contributed by atoms with van der Waals surface area (Å²) in [5.41, 5.74) is 0.893. The third-order valence-corrected chi connectivity index (χ3v) is 5.16. The van der Waals surface area contributed by atoms with Crippen LogP contribution in [0, 0.1) is 6.92 Å². The normalized spacial score (nSPS) is 13.3. The number of ether oxygens (including phenoxy) is 1. The van der Waals surface area contributed by atoms with Crippen molar-refractivity contribution in [3.05, 3.63) is 29.8 Å². The van der Waals surface area contributed by atoms with Crippen LogP contribution in [0.15, 0.2) is 29.2 Å². The molecule has 0 aliphatic rings. The van der Waals surface area contributed by atoms with Crippen LogP contribution >= 0.6 is 0 Å². The Morgan fingerprint density at radius 2 is 1.70 bits per heavy atom. The minimum Gasteiger partial charge on any atom is -0.454 e. The van der Waals surface area contributed by atoms with Crippen LogP contribution in [-0.2, 0) is 24.3 Å². The highest BCUT2D eigenvalue weighted by Crippen LogP contribution is 2.10. The third kappa shape index (κ3) is 7.75. The fourth-order valence-corrected chi connectivity index (χ4v) is 3.04. The van der Waals surface area contributed by atoms with Crippen LogP contribution in [0.5, 0.6) is 0 Å². The van der Waals surface area contributed by atoms with E-state index in [2.05, 4.69) is 10.0 Å². The Hall–Kier alpha value is -2.46. The molecule has 27 heavy (non-hydrogen) atoms. The number of aryl methyl sites for hydroxylation is 1. The van der Waals surface area contributed by atoms with Crippen LogP contribution in [-0.4, -0.2) is 45.0 Å². The van der Waals surface area contributed by atoms with Crippen LogP contribution < -0.4 is 15.4 Å². The number of nitrogens with one attached hydrogen (secondary N) is 3. The zero-order valence-corrected chi connectivity index (χ0v) is 16.6. The fourth-order valence-electron chi connectivity index (χ4n) is 1.85. The van der Waals surface area contributed by atoms with E-state index in [1.807, 2.05) is 19.2 Å². The van der Waals surface area contributed by atoms with Crippen molar-refractivity contribution in [1.29, 1.82) is 0 Å². The van der Waals surface area contributed by atoms with Crippen molar-refractivity contribution in [3.8, 4) is 0 Å². The van der Waals surface area contributed by atoms with Crippen LogP contribution in [0.25, 0.3) is 0 Å². The first-order valence-electron chi connectivity index (χ1n) is 8.41. The average Bonchev–Trinajstić information content (AvgIpc) is 2.59. The minimum absolute atomic E-state index is 0.00667. The van der Waals surface area contributed by atoms with E-state index in [1.165, 1.54) is 19.1 Å². The third-order valence-electron chi connectivity index (χ3n) is 3.61. The summed E-state index contributed by atoms with van der Waals surface area (Å²) in [5.74, 6) is -1.76.